The third-order valence-electron chi connectivity index (χ3n) is 3.21. The van der Waals surface area contributed by atoms with E-state index in [4.69, 9.17) is 0 Å². The molecule has 1 aliphatic carbocycles. The highest BCUT2D eigenvalue weighted by Crippen LogP contribution is 2.29. The molecule has 0 spiro atoms. The van der Waals surface area contributed by atoms with E-state index in [-0.39, 0.29) is 6.04 Å². The Labute approximate surface area is 85.8 Å². The average molecular weight is 215 g/mol. The van der Waals surface area contributed by atoms with Crippen LogP contribution in [-0.4, -0.2) is 31.1 Å². The Morgan fingerprint density at radius 1 is 1.29 bits per heavy atom. The smallest absolute Gasteiger partial charge is 0.212 e. The molecule has 1 heterocycles. The van der Waals surface area contributed by atoms with Gasteiger partial charge in [0.25, 0.3) is 0 Å². The van der Waals surface area contributed by atoms with Crippen LogP contribution >= 0.6 is 0 Å². The Bertz CT molecular complexity index is 324. The number of nitrogens with zero attached hydrogens (tertiary/aromatic N) is 1. The summed E-state index contributed by atoms with van der Waals surface area (Å²) in [6.45, 7) is 4.68. The van der Waals surface area contributed by atoms with Gasteiger partial charge in [-0.25, -0.2) is 8.42 Å². The van der Waals surface area contributed by atoms with Crippen LogP contribution in [0.4, 0.5) is 0 Å². The zero-order valence-electron chi connectivity index (χ0n) is 8.41. The van der Waals surface area contributed by atoms with Gasteiger partial charge in [0.2, 0.25) is 10.0 Å². The van der Waals surface area contributed by atoms with Crippen LogP contribution in [0, 0.1) is 0 Å². The lowest BCUT2D eigenvalue weighted by atomic mass is 9.92. The maximum atomic E-state index is 11.6. The first kappa shape index (κ1) is 10.2. The van der Waals surface area contributed by atoms with Crippen molar-refractivity contribution in [2.24, 2.45) is 0 Å². The van der Waals surface area contributed by atoms with Crippen LogP contribution in [0.5, 0.6) is 0 Å². The Hall–Kier alpha value is -0.350. The lowest BCUT2D eigenvalue weighted by molar-refractivity contribution is 0.290. The lowest BCUT2D eigenvalue weighted by Crippen LogP contribution is -2.38. The van der Waals surface area contributed by atoms with Crippen molar-refractivity contribution < 1.29 is 8.42 Å². The minimum atomic E-state index is -2.90. The van der Waals surface area contributed by atoms with Crippen LogP contribution in [0.25, 0.3) is 0 Å². The molecular formula is C10H17NO2S. The molecule has 0 N–H and O–H groups in total. The first-order chi connectivity index (χ1) is 6.59. The molecule has 2 fully saturated rings. The van der Waals surface area contributed by atoms with Gasteiger partial charge >= 0.3 is 0 Å². The number of allylic oxidation sites excluding steroid dienone is 1. The molecule has 80 valence electrons. The molecule has 3 nitrogen and oxygen atoms in total. The Morgan fingerprint density at radius 3 is 2.43 bits per heavy atom. The number of sulfonamides is 1. The molecule has 1 saturated heterocycles. The quantitative estimate of drug-likeness (QED) is 0.622. The van der Waals surface area contributed by atoms with Crippen LogP contribution < -0.4 is 0 Å². The molecule has 0 aromatic heterocycles. The molecule has 0 aromatic rings. The van der Waals surface area contributed by atoms with E-state index in [2.05, 4.69) is 6.58 Å². The van der Waals surface area contributed by atoms with Gasteiger partial charge < -0.3 is 0 Å². The molecular weight excluding hydrogens is 198 g/mol. The van der Waals surface area contributed by atoms with Crippen molar-refractivity contribution in [3.05, 3.63) is 12.2 Å². The fourth-order valence-corrected chi connectivity index (χ4v) is 4.17. The Kier molecular flexibility index (Phi) is 2.66. The minimum absolute atomic E-state index is 0.257. The summed E-state index contributed by atoms with van der Waals surface area (Å²) in [4.78, 5) is 0. The summed E-state index contributed by atoms with van der Waals surface area (Å²) in [7, 11) is -2.90. The normalized spacial score (nSPS) is 29.6. The summed E-state index contributed by atoms with van der Waals surface area (Å²) in [5, 5.41) is 0. The maximum absolute atomic E-state index is 11.6. The molecule has 0 unspecified atom stereocenters. The van der Waals surface area contributed by atoms with Crippen molar-refractivity contribution in [3.63, 3.8) is 0 Å². The summed E-state index contributed by atoms with van der Waals surface area (Å²) in [6, 6.07) is 0.257. The van der Waals surface area contributed by atoms with Gasteiger partial charge in [0, 0.05) is 12.6 Å². The number of hydrogen-bond acceptors (Lipinski definition) is 2. The van der Waals surface area contributed by atoms with E-state index in [1.165, 1.54) is 5.57 Å². The Balaban J connectivity index is 2.05. The second kappa shape index (κ2) is 3.66. The molecule has 0 amide bonds. The number of hydrogen-bond donors (Lipinski definition) is 0. The molecule has 2 aliphatic rings. The summed E-state index contributed by atoms with van der Waals surface area (Å²) in [6.07, 6.45) is 4.74. The molecule has 0 aromatic carbocycles. The second-order valence-electron chi connectivity index (χ2n) is 4.26. The highest BCUT2D eigenvalue weighted by atomic mass is 32.2. The van der Waals surface area contributed by atoms with E-state index in [1.54, 1.807) is 4.31 Å². The molecule has 0 bridgehead atoms. The van der Waals surface area contributed by atoms with E-state index in [0.717, 1.165) is 38.6 Å². The summed E-state index contributed by atoms with van der Waals surface area (Å²) < 4.78 is 25.0. The summed E-state index contributed by atoms with van der Waals surface area (Å²) in [5.41, 5.74) is 1.28. The van der Waals surface area contributed by atoms with Gasteiger partial charge in [-0.1, -0.05) is 12.2 Å². The third-order valence-corrected chi connectivity index (χ3v) is 5.21. The fourth-order valence-electron chi connectivity index (χ4n) is 2.37. The number of rotatable bonds is 1. The Morgan fingerprint density at radius 2 is 1.93 bits per heavy atom. The molecule has 14 heavy (non-hydrogen) atoms. The van der Waals surface area contributed by atoms with Crippen molar-refractivity contribution in [3.8, 4) is 0 Å². The summed E-state index contributed by atoms with van der Waals surface area (Å²) >= 11 is 0. The largest absolute Gasteiger partial charge is 0.214 e. The zero-order chi connectivity index (χ0) is 10.2. The van der Waals surface area contributed by atoms with Gasteiger partial charge in [-0.3, -0.25) is 0 Å². The van der Waals surface area contributed by atoms with Crippen molar-refractivity contribution in [1.29, 1.82) is 0 Å². The van der Waals surface area contributed by atoms with E-state index in [0.29, 0.717) is 5.75 Å². The van der Waals surface area contributed by atoms with E-state index in [9.17, 15) is 8.42 Å². The molecule has 4 heteroatoms. The van der Waals surface area contributed by atoms with Crippen LogP contribution in [0.15, 0.2) is 12.2 Å². The molecule has 0 atom stereocenters. The predicted octanol–water partition coefficient (Wildman–Crippen LogP) is 1.52. The highest BCUT2D eigenvalue weighted by Gasteiger charge is 2.35. The van der Waals surface area contributed by atoms with Crippen molar-refractivity contribution in [2.45, 2.75) is 38.1 Å². The SMILES string of the molecule is C=C1CCC(N2CCCS2(=O)=O)CC1. The lowest BCUT2D eigenvalue weighted by Gasteiger charge is -2.30. The van der Waals surface area contributed by atoms with Crippen molar-refractivity contribution in [1.82, 2.24) is 4.31 Å². The second-order valence-corrected chi connectivity index (χ2v) is 6.30. The van der Waals surface area contributed by atoms with Crippen molar-refractivity contribution >= 4 is 10.0 Å². The van der Waals surface area contributed by atoms with Gasteiger partial charge in [0.1, 0.15) is 0 Å². The average Bonchev–Trinajstić information content (AvgIpc) is 2.47. The van der Waals surface area contributed by atoms with Gasteiger partial charge in [-0.15, -0.1) is 0 Å². The van der Waals surface area contributed by atoms with E-state index >= 15 is 0 Å². The minimum Gasteiger partial charge on any atom is -0.212 e. The first-order valence-corrected chi connectivity index (χ1v) is 6.87. The van der Waals surface area contributed by atoms with Gasteiger partial charge in [0.05, 0.1) is 5.75 Å². The maximum Gasteiger partial charge on any atom is 0.214 e. The van der Waals surface area contributed by atoms with Gasteiger partial charge in [-0.2, -0.15) is 4.31 Å². The van der Waals surface area contributed by atoms with Gasteiger partial charge in [-0.05, 0) is 32.1 Å². The third kappa shape index (κ3) is 1.86. The van der Waals surface area contributed by atoms with Crippen LogP contribution in [0.2, 0.25) is 0 Å². The molecule has 1 saturated carbocycles. The van der Waals surface area contributed by atoms with E-state index < -0.39 is 10.0 Å². The first-order valence-electron chi connectivity index (χ1n) is 5.26. The van der Waals surface area contributed by atoms with Gasteiger partial charge in [0.15, 0.2) is 0 Å². The fraction of sp³-hybridized carbons (Fsp3) is 0.800. The standard InChI is InChI=1S/C10H17NO2S/c1-9-3-5-10(6-4-9)11-7-2-8-14(11,12)13/h10H,1-8H2. The highest BCUT2D eigenvalue weighted by molar-refractivity contribution is 7.89. The van der Waals surface area contributed by atoms with Crippen molar-refractivity contribution in [2.75, 3.05) is 12.3 Å². The molecule has 0 radical (unpaired) electrons. The van der Waals surface area contributed by atoms with Crippen LogP contribution in [0.3, 0.4) is 0 Å². The summed E-state index contributed by atoms with van der Waals surface area (Å²) in [5.74, 6) is 0.352. The zero-order valence-corrected chi connectivity index (χ0v) is 9.22. The monoisotopic (exact) mass is 215 g/mol. The van der Waals surface area contributed by atoms with E-state index in [1.807, 2.05) is 0 Å². The predicted molar refractivity (Wildman–Crippen MR) is 56.5 cm³/mol. The molecule has 1 aliphatic heterocycles. The molecule has 2 rings (SSSR count). The van der Waals surface area contributed by atoms with Crippen LogP contribution in [0.1, 0.15) is 32.1 Å². The topological polar surface area (TPSA) is 37.4 Å². The van der Waals surface area contributed by atoms with Crippen LogP contribution in [-0.2, 0) is 10.0 Å².